The van der Waals surface area contributed by atoms with Crippen LogP contribution in [0.4, 0.5) is 0 Å². The topological polar surface area (TPSA) is 74.5 Å². The number of nitrogens with one attached hydrogen (secondary N) is 1. The molecule has 1 aromatic heterocycles. The molecule has 6 heteroatoms. The van der Waals surface area contributed by atoms with E-state index in [4.69, 9.17) is 16.7 Å². The Hall–Kier alpha value is -2.18. The quantitative estimate of drug-likeness (QED) is 0.516. The molecular formula is C22H25ClN2O3. The summed E-state index contributed by atoms with van der Waals surface area (Å²) in [5.41, 5.74) is 3.59. The summed E-state index contributed by atoms with van der Waals surface area (Å²) < 4.78 is 1.92. The lowest BCUT2D eigenvalue weighted by Gasteiger charge is -2.14. The minimum absolute atomic E-state index is 0.00126. The van der Waals surface area contributed by atoms with Crippen molar-refractivity contribution >= 4 is 22.5 Å². The predicted molar refractivity (Wildman–Crippen MR) is 113 cm³/mol. The van der Waals surface area contributed by atoms with Crippen molar-refractivity contribution in [3.63, 3.8) is 0 Å². The van der Waals surface area contributed by atoms with Crippen LogP contribution in [0.25, 0.3) is 10.9 Å². The zero-order chi connectivity index (χ0) is 19.9. The highest BCUT2D eigenvalue weighted by Crippen LogP contribution is 2.16. The van der Waals surface area contributed by atoms with Crippen LogP contribution in [0.15, 0.2) is 53.5 Å². The van der Waals surface area contributed by atoms with Crippen molar-refractivity contribution in [2.75, 3.05) is 13.2 Å². The molecule has 148 valence electrons. The molecule has 3 N–H and O–H groups in total. The number of aliphatic hydroxyl groups is 2. The first-order valence-corrected chi connectivity index (χ1v) is 9.82. The Labute approximate surface area is 169 Å². The van der Waals surface area contributed by atoms with Gasteiger partial charge in [0, 0.05) is 48.4 Å². The largest absolute Gasteiger partial charge is 0.396 e. The fourth-order valence-electron chi connectivity index (χ4n) is 3.31. The number of nitrogens with zero attached hydrogens (tertiary/aromatic N) is 1. The molecule has 0 unspecified atom stereocenters. The van der Waals surface area contributed by atoms with Crippen LogP contribution in [0.5, 0.6) is 0 Å². The van der Waals surface area contributed by atoms with Gasteiger partial charge in [-0.3, -0.25) is 4.79 Å². The van der Waals surface area contributed by atoms with Gasteiger partial charge in [-0.25, -0.2) is 0 Å². The molecule has 0 amide bonds. The van der Waals surface area contributed by atoms with Gasteiger partial charge >= 0.3 is 0 Å². The maximum Gasteiger partial charge on any atom is 0.193 e. The van der Waals surface area contributed by atoms with E-state index in [1.807, 2.05) is 53.2 Å². The molecule has 0 aliphatic carbocycles. The van der Waals surface area contributed by atoms with Gasteiger partial charge in [-0.2, -0.15) is 0 Å². The summed E-state index contributed by atoms with van der Waals surface area (Å²) >= 11 is 5.91. The van der Waals surface area contributed by atoms with Crippen LogP contribution in [-0.2, 0) is 26.1 Å². The van der Waals surface area contributed by atoms with E-state index < -0.39 is 0 Å². The molecule has 0 radical (unpaired) electrons. The standard InChI is InChI=1S/C22H25ClN2O3/c23-19-6-3-17(4-7-19)13-24-14-18-15-25(9-11-27)21-8-5-16(2-1-10-26)12-20(21)22(18)28/h3-8,12,15,24,26-27H,1-2,9-11,13-14H2. The van der Waals surface area contributed by atoms with Gasteiger partial charge in [0.25, 0.3) is 0 Å². The number of hydrogen-bond donors (Lipinski definition) is 3. The molecule has 0 saturated carbocycles. The summed E-state index contributed by atoms with van der Waals surface area (Å²) in [7, 11) is 0. The van der Waals surface area contributed by atoms with Crippen molar-refractivity contribution in [1.82, 2.24) is 9.88 Å². The van der Waals surface area contributed by atoms with Gasteiger partial charge in [-0.05, 0) is 48.2 Å². The van der Waals surface area contributed by atoms with Gasteiger partial charge in [-0.1, -0.05) is 29.8 Å². The SMILES string of the molecule is O=c1c(CNCc2ccc(Cl)cc2)cn(CCO)c2ccc(CCCO)cc12. The second-order valence-electron chi connectivity index (χ2n) is 6.81. The van der Waals surface area contributed by atoms with Crippen molar-refractivity contribution in [3.8, 4) is 0 Å². The number of aliphatic hydroxyl groups excluding tert-OH is 2. The summed E-state index contributed by atoms with van der Waals surface area (Å²) in [5, 5.41) is 23.1. The van der Waals surface area contributed by atoms with E-state index in [-0.39, 0.29) is 18.6 Å². The van der Waals surface area contributed by atoms with Crippen molar-refractivity contribution < 1.29 is 10.2 Å². The van der Waals surface area contributed by atoms with Gasteiger partial charge in [0.05, 0.1) is 12.1 Å². The Morgan fingerprint density at radius 2 is 1.71 bits per heavy atom. The molecular weight excluding hydrogens is 376 g/mol. The van der Waals surface area contributed by atoms with Crippen LogP contribution < -0.4 is 10.7 Å². The molecule has 0 bridgehead atoms. The number of fused-ring (bicyclic) bond motifs is 1. The highest BCUT2D eigenvalue weighted by atomic mass is 35.5. The van der Waals surface area contributed by atoms with Gasteiger partial charge in [0.1, 0.15) is 0 Å². The van der Waals surface area contributed by atoms with Crippen LogP contribution in [0.1, 0.15) is 23.1 Å². The molecule has 28 heavy (non-hydrogen) atoms. The van der Waals surface area contributed by atoms with E-state index in [1.165, 1.54) is 0 Å². The van der Waals surface area contributed by atoms with Crippen LogP contribution in [0.2, 0.25) is 5.02 Å². The van der Waals surface area contributed by atoms with E-state index in [9.17, 15) is 9.90 Å². The summed E-state index contributed by atoms with van der Waals surface area (Å²) in [5.74, 6) is 0. The molecule has 0 spiro atoms. The van der Waals surface area contributed by atoms with Gasteiger partial charge in [-0.15, -0.1) is 0 Å². The summed E-state index contributed by atoms with van der Waals surface area (Å²) in [4.78, 5) is 13.0. The first kappa shape index (κ1) is 20.6. The third kappa shape index (κ3) is 5.00. The highest BCUT2D eigenvalue weighted by Gasteiger charge is 2.10. The number of rotatable bonds is 9. The fourth-order valence-corrected chi connectivity index (χ4v) is 3.43. The number of pyridine rings is 1. The van der Waals surface area contributed by atoms with Crippen molar-refractivity contribution in [3.05, 3.63) is 80.6 Å². The Bertz CT molecular complexity index is 983. The number of benzene rings is 2. The Balaban J connectivity index is 1.86. The van der Waals surface area contributed by atoms with Crippen LogP contribution in [0, 0.1) is 0 Å². The number of aryl methyl sites for hydroxylation is 1. The monoisotopic (exact) mass is 400 g/mol. The molecule has 2 aromatic carbocycles. The molecule has 3 aromatic rings. The van der Waals surface area contributed by atoms with E-state index in [0.29, 0.717) is 42.0 Å². The Morgan fingerprint density at radius 3 is 2.43 bits per heavy atom. The van der Waals surface area contributed by atoms with Crippen LogP contribution in [0.3, 0.4) is 0 Å². The van der Waals surface area contributed by atoms with Crippen molar-refractivity contribution in [2.45, 2.75) is 32.5 Å². The maximum atomic E-state index is 13.0. The first-order chi connectivity index (χ1) is 13.6. The lowest BCUT2D eigenvalue weighted by molar-refractivity contribution is 0.277. The van der Waals surface area contributed by atoms with Crippen molar-refractivity contribution in [2.24, 2.45) is 0 Å². The Kier molecular flexibility index (Phi) is 7.23. The normalized spacial score (nSPS) is 11.2. The Morgan fingerprint density at radius 1 is 0.964 bits per heavy atom. The summed E-state index contributed by atoms with van der Waals surface area (Å²) in [6.45, 7) is 1.62. The van der Waals surface area contributed by atoms with Crippen LogP contribution in [-0.4, -0.2) is 28.0 Å². The van der Waals surface area contributed by atoms with E-state index >= 15 is 0 Å². The summed E-state index contributed by atoms with van der Waals surface area (Å²) in [6, 6.07) is 13.4. The summed E-state index contributed by atoms with van der Waals surface area (Å²) in [6.07, 6.45) is 3.22. The van der Waals surface area contributed by atoms with Crippen LogP contribution >= 0.6 is 11.6 Å². The van der Waals surface area contributed by atoms with Gasteiger partial charge in [0.2, 0.25) is 0 Å². The predicted octanol–water partition coefficient (Wildman–Crippen LogP) is 2.86. The lowest BCUT2D eigenvalue weighted by atomic mass is 10.0. The smallest absolute Gasteiger partial charge is 0.193 e. The molecule has 5 nitrogen and oxygen atoms in total. The second kappa shape index (κ2) is 9.85. The molecule has 0 fully saturated rings. The van der Waals surface area contributed by atoms with E-state index in [0.717, 1.165) is 23.1 Å². The van der Waals surface area contributed by atoms with Gasteiger partial charge in [0.15, 0.2) is 5.43 Å². The minimum Gasteiger partial charge on any atom is -0.396 e. The third-order valence-electron chi connectivity index (χ3n) is 4.74. The molecule has 0 aliphatic rings. The number of aromatic nitrogens is 1. The molecule has 0 aliphatic heterocycles. The number of hydrogen-bond acceptors (Lipinski definition) is 4. The zero-order valence-corrected chi connectivity index (χ0v) is 16.5. The average molecular weight is 401 g/mol. The molecule has 0 atom stereocenters. The molecule has 1 heterocycles. The van der Waals surface area contributed by atoms with E-state index in [2.05, 4.69) is 5.32 Å². The minimum atomic E-state index is -0.00126. The zero-order valence-electron chi connectivity index (χ0n) is 15.7. The number of halogens is 1. The lowest BCUT2D eigenvalue weighted by Crippen LogP contribution is -2.22. The highest BCUT2D eigenvalue weighted by molar-refractivity contribution is 6.30. The third-order valence-corrected chi connectivity index (χ3v) is 4.99. The average Bonchev–Trinajstić information content (AvgIpc) is 2.71. The van der Waals surface area contributed by atoms with E-state index in [1.54, 1.807) is 0 Å². The molecule has 0 saturated heterocycles. The first-order valence-electron chi connectivity index (χ1n) is 9.44. The fraction of sp³-hybridized carbons (Fsp3) is 0.318. The maximum absolute atomic E-state index is 13.0. The van der Waals surface area contributed by atoms with Gasteiger partial charge < -0.3 is 20.1 Å². The molecule has 3 rings (SSSR count). The second-order valence-corrected chi connectivity index (χ2v) is 7.25. The van der Waals surface area contributed by atoms with Crippen molar-refractivity contribution in [1.29, 1.82) is 0 Å².